The minimum Gasteiger partial charge on any atom is -0.454 e. The van der Waals surface area contributed by atoms with E-state index in [9.17, 15) is 4.79 Å². The average molecular weight is 264 g/mol. The van der Waals surface area contributed by atoms with Crippen LogP contribution in [0.3, 0.4) is 0 Å². The number of ether oxygens (including phenoxy) is 3. The highest BCUT2D eigenvalue weighted by molar-refractivity contribution is 5.94. The molecule has 1 unspecified atom stereocenters. The fraction of sp³-hybridized carbons (Fsp3) is 0.462. The largest absolute Gasteiger partial charge is 0.454 e. The molecular weight excluding hydrogens is 248 g/mol. The van der Waals surface area contributed by atoms with Crippen molar-refractivity contribution in [3.05, 3.63) is 23.8 Å². The van der Waals surface area contributed by atoms with E-state index in [1.165, 1.54) is 0 Å². The molecule has 2 N–H and O–H groups in total. The second-order valence-corrected chi connectivity index (χ2v) is 4.47. The molecule has 1 fully saturated rings. The van der Waals surface area contributed by atoms with E-state index in [1.54, 1.807) is 18.2 Å². The van der Waals surface area contributed by atoms with Gasteiger partial charge in [0.1, 0.15) is 0 Å². The van der Waals surface area contributed by atoms with Crippen LogP contribution >= 0.6 is 0 Å². The number of hydrogen-bond donors (Lipinski definition) is 2. The maximum absolute atomic E-state index is 12.0. The first-order valence-corrected chi connectivity index (χ1v) is 6.33. The highest BCUT2D eigenvalue weighted by Crippen LogP contribution is 2.32. The summed E-state index contributed by atoms with van der Waals surface area (Å²) in [6.07, 6.45) is 0.0340. The lowest BCUT2D eigenvalue weighted by Crippen LogP contribution is -2.45. The Kier molecular flexibility index (Phi) is 3.52. The number of hydrogen-bond acceptors (Lipinski definition) is 5. The Labute approximate surface area is 111 Å². The molecular formula is C13H16N2O4. The lowest BCUT2D eigenvalue weighted by Gasteiger charge is -2.23. The van der Waals surface area contributed by atoms with Crippen LogP contribution in [0.1, 0.15) is 10.4 Å². The Morgan fingerprint density at radius 2 is 2.26 bits per heavy atom. The van der Waals surface area contributed by atoms with Gasteiger partial charge in [0.2, 0.25) is 6.79 Å². The smallest absolute Gasteiger partial charge is 0.251 e. The van der Waals surface area contributed by atoms with Crippen LogP contribution in [-0.4, -0.2) is 45.0 Å². The van der Waals surface area contributed by atoms with Crippen LogP contribution in [0, 0.1) is 0 Å². The third-order valence-corrected chi connectivity index (χ3v) is 3.13. The molecule has 6 nitrogen and oxygen atoms in total. The molecule has 1 aromatic carbocycles. The fourth-order valence-electron chi connectivity index (χ4n) is 2.10. The second kappa shape index (κ2) is 5.46. The summed E-state index contributed by atoms with van der Waals surface area (Å²) in [5, 5.41) is 6.08. The number of fused-ring (bicyclic) bond motifs is 1. The maximum Gasteiger partial charge on any atom is 0.251 e. The molecule has 0 aliphatic carbocycles. The van der Waals surface area contributed by atoms with Crippen molar-refractivity contribution in [3.63, 3.8) is 0 Å². The van der Waals surface area contributed by atoms with Crippen LogP contribution in [0.5, 0.6) is 11.5 Å². The molecule has 2 aliphatic rings. The van der Waals surface area contributed by atoms with Crippen LogP contribution in [0.2, 0.25) is 0 Å². The summed E-state index contributed by atoms with van der Waals surface area (Å²) in [5.74, 6) is 1.16. The quantitative estimate of drug-likeness (QED) is 0.812. The minimum atomic E-state index is -0.132. The summed E-state index contributed by atoms with van der Waals surface area (Å²) >= 11 is 0. The summed E-state index contributed by atoms with van der Waals surface area (Å²) in [4.78, 5) is 12.0. The first-order valence-electron chi connectivity index (χ1n) is 6.33. The van der Waals surface area contributed by atoms with Crippen molar-refractivity contribution in [1.82, 2.24) is 10.6 Å². The van der Waals surface area contributed by atoms with E-state index >= 15 is 0 Å². The van der Waals surface area contributed by atoms with Crippen molar-refractivity contribution >= 4 is 5.91 Å². The number of benzene rings is 1. The van der Waals surface area contributed by atoms with Gasteiger partial charge in [0.05, 0.1) is 12.7 Å². The Bertz CT molecular complexity index is 472. The Balaban J connectivity index is 1.57. The van der Waals surface area contributed by atoms with Crippen LogP contribution in [0.25, 0.3) is 0 Å². The summed E-state index contributed by atoms with van der Waals surface area (Å²) in [5.41, 5.74) is 0.563. The van der Waals surface area contributed by atoms with Gasteiger partial charge in [-0.2, -0.15) is 0 Å². The van der Waals surface area contributed by atoms with Crippen molar-refractivity contribution in [2.75, 3.05) is 33.0 Å². The second-order valence-electron chi connectivity index (χ2n) is 4.47. The van der Waals surface area contributed by atoms with Crippen molar-refractivity contribution in [3.8, 4) is 11.5 Å². The first kappa shape index (κ1) is 12.3. The van der Waals surface area contributed by atoms with Gasteiger partial charge in [-0.05, 0) is 18.2 Å². The number of carbonyl (C=O) groups is 1. The molecule has 19 heavy (non-hydrogen) atoms. The fourth-order valence-corrected chi connectivity index (χ4v) is 2.10. The minimum absolute atomic E-state index is 0.0340. The highest BCUT2D eigenvalue weighted by Gasteiger charge is 2.18. The number of carbonyl (C=O) groups excluding carboxylic acids is 1. The molecule has 0 radical (unpaired) electrons. The van der Waals surface area contributed by atoms with E-state index in [0.29, 0.717) is 30.2 Å². The predicted molar refractivity (Wildman–Crippen MR) is 67.5 cm³/mol. The predicted octanol–water partition coefficient (Wildman–Crippen LogP) is 0.134. The van der Waals surface area contributed by atoms with E-state index in [0.717, 1.165) is 13.1 Å². The van der Waals surface area contributed by atoms with Crippen molar-refractivity contribution < 1.29 is 19.0 Å². The molecule has 1 saturated heterocycles. The summed E-state index contributed by atoms with van der Waals surface area (Å²) in [6.45, 7) is 3.03. The average Bonchev–Trinajstić information content (AvgIpc) is 2.93. The lowest BCUT2D eigenvalue weighted by molar-refractivity contribution is 0.0287. The van der Waals surface area contributed by atoms with Gasteiger partial charge >= 0.3 is 0 Å². The molecule has 2 heterocycles. The van der Waals surface area contributed by atoms with Gasteiger partial charge in [-0.15, -0.1) is 0 Å². The van der Waals surface area contributed by atoms with E-state index in [4.69, 9.17) is 14.2 Å². The van der Waals surface area contributed by atoms with Crippen LogP contribution < -0.4 is 20.1 Å². The van der Waals surface area contributed by atoms with Crippen LogP contribution in [0.15, 0.2) is 18.2 Å². The lowest BCUT2D eigenvalue weighted by atomic mass is 10.2. The molecule has 0 aromatic heterocycles. The van der Waals surface area contributed by atoms with Gasteiger partial charge in [0.15, 0.2) is 11.5 Å². The molecule has 102 valence electrons. The first-order chi connectivity index (χ1) is 9.33. The molecule has 1 atom stereocenters. The highest BCUT2D eigenvalue weighted by atomic mass is 16.7. The van der Waals surface area contributed by atoms with E-state index < -0.39 is 0 Å². The SMILES string of the molecule is O=C(NCC1CNCCO1)c1ccc2c(c1)OCO2. The van der Waals surface area contributed by atoms with Gasteiger partial charge in [-0.25, -0.2) is 0 Å². The zero-order valence-corrected chi connectivity index (χ0v) is 10.5. The van der Waals surface area contributed by atoms with E-state index in [1.807, 2.05) is 0 Å². The Hall–Kier alpha value is -1.79. The number of morpholine rings is 1. The van der Waals surface area contributed by atoms with Crippen molar-refractivity contribution in [1.29, 1.82) is 0 Å². The molecule has 1 amide bonds. The van der Waals surface area contributed by atoms with Crippen molar-refractivity contribution in [2.24, 2.45) is 0 Å². The third kappa shape index (κ3) is 2.80. The van der Waals surface area contributed by atoms with Crippen LogP contribution in [0.4, 0.5) is 0 Å². The maximum atomic E-state index is 12.0. The molecule has 0 spiro atoms. The van der Waals surface area contributed by atoms with E-state index in [-0.39, 0.29) is 18.8 Å². The van der Waals surface area contributed by atoms with Crippen molar-refractivity contribution in [2.45, 2.75) is 6.10 Å². The third-order valence-electron chi connectivity index (χ3n) is 3.13. The van der Waals surface area contributed by atoms with Crippen LogP contribution in [-0.2, 0) is 4.74 Å². The number of rotatable bonds is 3. The van der Waals surface area contributed by atoms with Gasteiger partial charge in [-0.3, -0.25) is 4.79 Å². The summed E-state index contributed by atoms with van der Waals surface area (Å²) in [7, 11) is 0. The molecule has 0 bridgehead atoms. The number of amides is 1. The van der Waals surface area contributed by atoms with Gasteiger partial charge < -0.3 is 24.8 Å². The zero-order valence-electron chi connectivity index (χ0n) is 10.5. The normalized spacial score (nSPS) is 21.2. The summed E-state index contributed by atoms with van der Waals surface area (Å²) in [6, 6.07) is 5.16. The standard InChI is InChI=1S/C13H16N2O4/c16-13(15-7-10-6-14-3-4-17-10)9-1-2-11-12(5-9)19-8-18-11/h1-2,5,10,14H,3-4,6-8H2,(H,15,16). The van der Waals surface area contributed by atoms with E-state index in [2.05, 4.69) is 10.6 Å². The molecule has 2 aliphatic heterocycles. The molecule has 3 rings (SSSR count). The monoisotopic (exact) mass is 264 g/mol. The molecule has 0 saturated carbocycles. The molecule has 6 heteroatoms. The Morgan fingerprint density at radius 3 is 3.11 bits per heavy atom. The van der Waals surface area contributed by atoms with Gasteiger partial charge in [0.25, 0.3) is 5.91 Å². The zero-order chi connectivity index (χ0) is 13.1. The molecule has 1 aromatic rings. The summed E-state index contributed by atoms with van der Waals surface area (Å²) < 4.78 is 16.0. The topological polar surface area (TPSA) is 68.8 Å². The number of nitrogens with one attached hydrogen (secondary N) is 2. The van der Waals surface area contributed by atoms with Gasteiger partial charge in [0, 0.05) is 25.2 Å². The van der Waals surface area contributed by atoms with Gasteiger partial charge in [-0.1, -0.05) is 0 Å². The Morgan fingerprint density at radius 1 is 1.37 bits per heavy atom.